The van der Waals surface area contributed by atoms with Crippen LogP contribution in [0.5, 0.6) is 0 Å². The smallest absolute Gasteiger partial charge is 0.333 e. The maximum Gasteiger partial charge on any atom is 0.333 e. The van der Waals surface area contributed by atoms with Gasteiger partial charge in [-0.05, 0) is 17.0 Å². The molecule has 0 spiro atoms. The molecule has 1 aliphatic heterocycles. The van der Waals surface area contributed by atoms with Crippen LogP contribution >= 0.6 is 0 Å². The van der Waals surface area contributed by atoms with Crippen molar-refractivity contribution in [3.8, 4) is 0 Å². The first kappa shape index (κ1) is 22.6. The van der Waals surface area contributed by atoms with Gasteiger partial charge in [0.05, 0.1) is 0 Å². The Kier molecular flexibility index (Phi) is 5.98. The summed E-state index contributed by atoms with van der Waals surface area (Å²) in [6.45, 7) is 3.76. The molecule has 1 atom stereocenters. The maximum absolute atomic E-state index is 13.5. The summed E-state index contributed by atoms with van der Waals surface area (Å²) < 4.78 is 9.45. The third-order valence-electron chi connectivity index (χ3n) is 6.27. The predicted octanol–water partition coefficient (Wildman–Crippen LogP) is 2.30. The number of esters is 1. The number of hydrogen-bond acceptors (Lipinski definition) is 6. The van der Waals surface area contributed by atoms with E-state index in [2.05, 4.69) is 24.0 Å². The lowest BCUT2D eigenvalue weighted by Gasteiger charge is -2.33. The molecule has 0 unspecified atom stereocenters. The molecule has 5 rings (SSSR count). The second kappa shape index (κ2) is 9.25. The Morgan fingerprint density at radius 1 is 1.00 bits per heavy atom. The summed E-state index contributed by atoms with van der Waals surface area (Å²) in [5.74, 6) is 0.271. The van der Waals surface area contributed by atoms with E-state index in [1.165, 1.54) is 4.57 Å². The number of aryl methyl sites for hydroxylation is 1. The molecular formula is C26H27N5O4. The summed E-state index contributed by atoms with van der Waals surface area (Å²) in [4.78, 5) is 45.8. The highest BCUT2D eigenvalue weighted by atomic mass is 16.5. The van der Waals surface area contributed by atoms with E-state index in [1.54, 1.807) is 7.05 Å². The highest BCUT2D eigenvalue weighted by molar-refractivity contribution is 5.76. The third-order valence-corrected chi connectivity index (χ3v) is 6.27. The second-order valence-corrected chi connectivity index (χ2v) is 9.05. The van der Waals surface area contributed by atoms with Gasteiger partial charge in [0.25, 0.3) is 5.56 Å². The maximum atomic E-state index is 13.5. The van der Waals surface area contributed by atoms with Gasteiger partial charge in [-0.2, -0.15) is 4.98 Å². The number of anilines is 1. The summed E-state index contributed by atoms with van der Waals surface area (Å²) in [7, 11) is 1.57. The van der Waals surface area contributed by atoms with Crippen molar-refractivity contribution < 1.29 is 9.53 Å². The summed E-state index contributed by atoms with van der Waals surface area (Å²) in [6, 6.07) is 19.3. The van der Waals surface area contributed by atoms with Crippen LogP contribution in [0.1, 0.15) is 18.1 Å². The predicted molar refractivity (Wildman–Crippen MR) is 132 cm³/mol. The van der Waals surface area contributed by atoms with Gasteiger partial charge in [0, 0.05) is 26.7 Å². The van der Waals surface area contributed by atoms with Crippen molar-refractivity contribution in [3.63, 3.8) is 0 Å². The topological polar surface area (TPSA) is 91.4 Å². The van der Waals surface area contributed by atoms with Crippen LogP contribution in [0.25, 0.3) is 11.2 Å². The fraction of sp³-hybridized carbons (Fsp3) is 0.308. The van der Waals surface area contributed by atoms with Gasteiger partial charge in [-0.1, -0.05) is 67.6 Å². The molecule has 180 valence electrons. The molecule has 3 heterocycles. The average Bonchev–Trinajstić information content (AvgIpc) is 3.25. The van der Waals surface area contributed by atoms with Crippen LogP contribution in [0.2, 0.25) is 0 Å². The molecule has 9 nitrogen and oxygen atoms in total. The van der Waals surface area contributed by atoms with E-state index in [-0.39, 0.29) is 12.5 Å². The fourth-order valence-electron chi connectivity index (χ4n) is 4.59. The van der Waals surface area contributed by atoms with E-state index in [0.717, 1.165) is 22.2 Å². The molecule has 0 bridgehead atoms. The third kappa shape index (κ3) is 4.37. The zero-order chi connectivity index (χ0) is 24.5. The Balaban J connectivity index is 1.50. The van der Waals surface area contributed by atoms with E-state index in [1.807, 2.05) is 53.1 Å². The van der Waals surface area contributed by atoms with Gasteiger partial charge in [-0.25, -0.2) is 9.36 Å². The van der Waals surface area contributed by atoms with E-state index < -0.39 is 23.8 Å². The number of rotatable bonds is 6. The molecule has 0 fully saturated rings. The van der Waals surface area contributed by atoms with Crippen LogP contribution < -0.4 is 16.1 Å². The van der Waals surface area contributed by atoms with Crippen molar-refractivity contribution in [2.75, 3.05) is 11.4 Å². The fourth-order valence-corrected chi connectivity index (χ4v) is 4.59. The second-order valence-electron chi connectivity index (χ2n) is 9.05. The highest BCUT2D eigenvalue weighted by Gasteiger charge is 2.29. The minimum absolute atomic E-state index is 0.0744. The molecule has 0 amide bonds. The number of fused-ring (bicyclic) bond motifs is 3. The Labute approximate surface area is 201 Å². The molecule has 0 radical (unpaired) electrons. The lowest BCUT2D eigenvalue weighted by atomic mass is 10.1. The summed E-state index contributed by atoms with van der Waals surface area (Å²) >= 11 is 0. The minimum Gasteiger partial charge on any atom is -0.459 e. The molecule has 0 saturated carbocycles. The van der Waals surface area contributed by atoms with Crippen LogP contribution in [0.15, 0.2) is 70.3 Å². The van der Waals surface area contributed by atoms with E-state index in [0.29, 0.717) is 30.2 Å². The Hall–Kier alpha value is -4.14. The van der Waals surface area contributed by atoms with Gasteiger partial charge in [-0.3, -0.25) is 14.2 Å². The zero-order valence-electron chi connectivity index (χ0n) is 19.8. The molecule has 2 aromatic carbocycles. The normalized spacial score (nSPS) is 15.3. The number of carbonyl (C=O) groups excluding carboxylic acids is 1. The number of benzene rings is 2. The highest BCUT2D eigenvalue weighted by Crippen LogP contribution is 2.28. The summed E-state index contributed by atoms with van der Waals surface area (Å²) in [5.41, 5.74) is 1.46. The van der Waals surface area contributed by atoms with Gasteiger partial charge in [0.15, 0.2) is 11.2 Å². The monoisotopic (exact) mass is 473 g/mol. The van der Waals surface area contributed by atoms with Crippen molar-refractivity contribution in [2.45, 2.75) is 33.2 Å². The summed E-state index contributed by atoms with van der Waals surface area (Å²) in [6.07, 6.45) is 0. The standard InChI is InChI=1S/C26H27N5O4/c1-18-13-29(15-19-9-5-3-6-10-19)25-27-23-22(30(25)14-18)24(33)31(26(34)28(23)2)16-21(32)35-17-20-11-7-4-8-12-20/h3-12,18H,13-17H2,1-2H3/t18-/m1/s1. The van der Waals surface area contributed by atoms with Crippen molar-refractivity contribution >= 4 is 23.1 Å². The van der Waals surface area contributed by atoms with Crippen molar-refractivity contribution in [1.82, 2.24) is 18.7 Å². The van der Waals surface area contributed by atoms with Gasteiger partial charge in [0.1, 0.15) is 13.2 Å². The zero-order valence-corrected chi connectivity index (χ0v) is 19.8. The lowest BCUT2D eigenvalue weighted by Crippen LogP contribution is -2.42. The van der Waals surface area contributed by atoms with Gasteiger partial charge < -0.3 is 14.2 Å². The minimum atomic E-state index is -0.648. The Bertz CT molecular complexity index is 1490. The number of imidazole rings is 1. The molecule has 35 heavy (non-hydrogen) atoms. The van der Waals surface area contributed by atoms with E-state index >= 15 is 0 Å². The van der Waals surface area contributed by atoms with Gasteiger partial charge in [0.2, 0.25) is 5.95 Å². The van der Waals surface area contributed by atoms with Crippen LogP contribution in [0.4, 0.5) is 5.95 Å². The number of hydrogen-bond donors (Lipinski definition) is 0. The number of nitrogens with zero attached hydrogens (tertiary/aromatic N) is 5. The first-order valence-electron chi connectivity index (χ1n) is 11.6. The number of ether oxygens (including phenoxy) is 1. The SMILES string of the molecule is C[C@@H]1CN(Cc2ccccc2)c2nc3c(c(=O)n(CC(=O)OCc4ccccc4)c(=O)n3C)n2C1. The number of aromatic nitrogens is 4. The van der Waals surface area contributed by atoms with Crippen molar-refractivity contribution in [1.29, 1.82) is 0 Å². The van der Waals surface area contributed by atoms with Crippen LogP contribution in [0, 0.1) is 5.92 Å². The molecule has 2 aromatic heterocycles. The van der Waals surface area contributed by atoms with Gasteiger partial charge >= 0.3 is 11.7 Å². The quantitative estimate of drug-likeness (QED) is 0.399. The number of carbonyl (C=O) groups is 1. The molecule has 1 aliphatic rings. The first-order chi connectivity index (χ1) is 16.9. The Morgan fingerprint density at radius 2 is 1.66 bits per heavy atom. The molecule has 4 aromatic rings. The molecular weight excluding hydrogens is 446 g/mol. The Morgan fingerprint density at radius 3 is 2.34 bits per heavy atom. The molecule has 0 N–H and O–H groups in total. The molecule has 0 saturated heterocycles. The lowest BCUT2D eigenvalue weighted by molar-refractivity contribution is -0.145. The van der Waals surface area contributed by atoms with Crippen LogP contribution in [-0.4, -0.2) is 31.2 Å². The summed E-state index contributed by atoms with van der Waals surface area (Å²) in [5, 5.41) is 0. The van der Waals surface area contributed by atoms with Crippen molar-refractivity contribution in [3.05, 3.63) is 92.6 Å². The molecule has 9 heteroatoms. The van der Waals surface area contributed by atoms with E-state index in [9.17, 15) is 14.4 Å². The van der Waals surface area contributed by atoms with Crippen LogP contribution in [-0.2, 0) is 42.8 Å². The van der Waals surface area contributed by atoms with E-state index in [4.69, 9.17) is 9.72 Å². The average molecular weight is 474 g/mol. The largest absolute Gasteiger partial charge is 0.459 e. The first-order valence-corrected chi connectivity index (χ1v) is 11.6. The van der Waals surface area contributed by atoms with Crippen molar-refractivity contribution in [2.24, 2.45) is 13.0 Å². The molecule has 0 aliphatic carbocycles. The van der Waals surface area contributed by atoms with Crippen LogP contribution in [0.3, 0.4) is 0 Å². The van der Waals surface area contributed by atoms with Gasteiger partial charge in [-0.15, -0.1) is 0 Å².